The number of aromatic nitrogens is 2. The number of benzene rings is 2. The van der Waals surface area contributed by atoms with E-state index in [-0.39, 0.29) is 17.8 Å². The molecule has 11 nitrogen and oxygen atoms in total. The first-order valence-electron chi connectivity index (χ1n) is 14.2. The Balaban J connectivity index is 0.000000301. The quantitative estimate of drug-likeness (QED) is 0.347. The Hall–Kier alpha value is -4.51. The number of piperidine rings is 1. The number of fused-ring (bicyclic) bond motifs is 3. The van der Waals surface area contributed by atoms with E-state index in [0.717, 1.165) is 68.3 Å². The zero-order valence-corrected chi connectivity index (χ0v) is 25.0. The Kier molecular flexibility index (Phi) is 10.6. The van der Waals surface area contributed by atoms with Crippen LogP contribution in [0.25, 0.3) is 0 Å². The summed E-state index contributed by atoms with van der Waals surface area (Å²) in [6.07, 6.45) is -8.07. The van der Waals surface area contributed by atoms with Crippen LogP contribution in [0.4, 0.5) is 26.3 Å². The Morgan fingerprint density at radius 3 is 1.98 bits per heavy atom. The summed E-state index contributed by atoms with van der Waals surface area (Å²) < 4.78 is 76.2. The van der Waals surface area contributed by atoms with Gasteiger partial charge in [-0.05, 0) is 49.2 Å². The average Bonchev–Trinajstić information content (AvgIpc) is 3.59. The molecular formula is C30H32F6N4O7. The fourth-order valence-corrected chi connectivity index (χ4v) is 5.77. The molecule has 1 aromatic heterocycles. The monoisotopic (exact) mass is 674 g/mol. The van der Waals surface area contributed by atoms with Crippen LogP contribution in [-0.2, 0) is 41.7 Å². The molecule has 4 heterocycles. The Morgan fingerprint density at radius 2 is 1.40 bits per heavy atom. The number of hydrogen-bond donors (Lipinski definition) is 3. The Labute approximate surface area is 263 Å². The number of nitrogens with one attached hydrogen (secondary N) is 1. The molecular weight excluding hydrogens is 642 g/mol. The van der Waals surface area contributed by atoms with Gasteiger partial charge in [0.15, 0.2) is 11.5 Å². The predicted octanol–water partition coefficient (Wildman–Crippen LogP) is 4.26. The summed E-state index contributed by atoms with van der Waals surface area (Å²) >= 11 is 0. The van der Waals surface area contributed by atoms with Gasteiger partial charge in [0, 0.05) is 44.3 Å². The molecule has 0 radical (unpaired) electrons. The lowest BCUT2D eigenvalue weighted by molar-refractivity contribution is -0.193. The zero-order valence-electron chi connectivity index (χ0n) is 25.0. The number of hydrogen-bond acceptors (Lipinski definition) is 7. The van der Waals surface area contributed by atoms with Crippen molar-refractivity contribution in [2.45, 2.75) is 50.2 Å². The molecule has 1 saturated heterocycles. The van der Waals surface area contributed by atoms with Gasteiger partial charge >= 0.3 is 24.3 Å². The first-order chi connectivity index (χ1) is 22.0. The summed E-state index contributed by atoms with van der Waals surface area (Å²) in [6.45, 7) is 5.75. The second-order valence-corrected chi connectivity index (χ2v) is 11.3. The van der Waals surface area contributed by atoms with Crippen LogP contribution < -0.4 is 15.0 Å². The molecule has 256 valence electrons. The second-order valence-electron chi connectivity index (χ2n) is 11.3. The third-order valence-electron chi connectivity index (χ3n) is 7.97. The van der Waals surface area contributed by atoms with Crippen LogP contribution in [-0.4, -0.2) is 80.5 Å². The first-order valence-corrected chi connectivity index (χ1v) is 14.2. The molecule has 3 N–H and O–H groups in total. The molecule has 3 aliphatic heterocycles. The molecule has 0 atom stereocenters. The number of carboxylic acids is 2. The molecule has 0 bridgehead atoms. The van der Waals surface area contributed by atoms with Crippen LogP contribution in [0.1, 0.15) is 35.2 Å². The van der Waals surface area contributed by atoms with Gasteiger partial charge in [-0.3, -0.25) is 24.4 Å². The van der Waals surface area contributed by atoms with E-state index in [0.29, 0.717) is 6.54 Å². The van der Waals surface area contributed by atoms with E-state index in [1.807, 2.05) is 13.1 Å². The summed E-state index contributed by atoms with van der Waals surface area (Å²) in [7, 11) is 1.83. The molecule has 1 spiro atoms. The van der Waals surface area contributed by atoms with Gasteiger partial charge in [-0.1, -0.05) is 36.4 Å². The number of H-pyrrole nitrogens is 1. The van der Waals surface area contributed by atoms with Crippen molar-refractivity contribution in [2.75, 3.05) is 26.4 Å². The van der Waals surface area contributed by atoms with E-state index < -0.39 is 24.3 Å². The van der Waals surface area contributed by atoms with Gasteiger partial charge in [-0.15, -0.1) is 0 Å². The molecule has 0 amide bonds. The molecule has 6 rings (SSSR count). The maximum atomic E-state index is 13.0. The third kappa shape index (κ3) is 8.85. The van der Waals surface area contributed by atoms with Crippen molar-refractivity contribution in [3.05, 3.63) is 81.3 Å². The summed E-state index contributed by atoms with van der Waals surface area (Å²) in [5.74, 6) is -3.90. The van der Waals surface area contributed by atoms with Gasteiger partial charge in [0.25, 0.3) is 5.56 Å². The SMILES string of the molecule is Cn1[nH]c2c(c1=O)CN(Cc1ccc3c(c1)OCO3)CC21CCN(Cc2ccccc2)CC1.O=C(O)C(F)(F)F.O=C(O)C(F)(F)F. The van der Waals surface area contributed by atoms with Gasteiger partial charge in [0.05, 0.1) is 5.56 Å². The number of aromatic amines is 1. The van der Waals surface area contributed by atoms with Crippen LogP contribution >= 0.6 is 0 Å². The van der Waals surface area contributed by atoms with Crippen molar-refractivity contribution in [1.29, 1.82) is 0 Å². The Bertz CT molecular complexity index is 1590. The lowest BCUT2D eigenvalue weighted by atomic mass is 9.72. The number of ether oxygens (including phenoxy) is 2. The number of likely N-dealkylation sites (tertiary alicyclic amines) is 1. The highest BCUT2D eigenvalue weighted by Gasteiger charge is 2.45. The minimum Gasteiger partial charge on any atom is -0.475 e. The fourth-order valence-electron chi connectivity index (χ4n) is 5.77. The molecule has 3 aromatic rings. The maximum Gasteiger partial charge on any atom is 0.490 e. The van der Waals surface area contributed by atoms with E-state index in [9.17, 15) is 31.1 Å². The smallest absolute Gasteiger partial charge is 0.475 e. The highest BCUT2D eigenvalue weighted by atomic mass is 19.4. The second kappa shape index (κ2) is 14.1. The maximum absolute atomic E-state index is 13.0. The van der Waals surface area contributed by atoms with Gasteiger partial charge in [-0.2, -0.15) is 26.3 Å². The van der Waals surface area contributed by atoms with E-state index in [2.05, 4.69) is 57.4 Å². The number of halogens is 6. The van der Waals surface area contributed by atoms with E-state index in [1.165, 1.54) is 11.1 Å². The standard InChI is InChI=1S/C26H30N4O3.2C2HF3O2/c1-28-25(31)21-16-30(15-20-7-8-22-23(13-20)33-18-32-22)17-26(24(21)27-28)9-11-29(12-10-26)14-19-5-3-2-4-6-19;2*3-2(4,5)1(6)7/h2-8,13,27H,9-12,14-18H2,1H3;2*(H,6,7). The molecule has 0 aliphatic carbocycles. The Morgan fingerprint density at radius 1 is 0.851 bits per heavy atom. The average molecular weight is 675 g/mol. The van der Waals surface area contributed by atoms with Gasteiger partial charge in [0.2, 0.25) is 6.79 Å². The van der Waals surface area contributed by atoms with Crippen LogP contribution in [0.15, 0.2) is 53.3 Å². The van der Waals surface area contributed by atoms with E-state index >= 15 is 0 Å². The lowest BCUT2D eigenvalue weighted by Gasteiger charge is -2.47. The molecule has 3 aliphatic rings. The number of carbonyl (C=O) groups is 2. The van der Waals surface area contributed by atoms with Crippen molar-refractivity contribution in [3.63, 3.8) is 0 Å². The van der Waals surface area contributed by atoms with Crippen LogP contribution in [0.2, 0.25) is 0 Å². The first kappa shape index (κ1) is 35.3. The summed E-state index contributed by atoms with van der Waals surface area (Å²) in [4.78, 5) is 35.7. The third-order valence-corrected chi connectivity index (χ3v) is 7.97. The fraction of sp³-hybridized carbons (Fsp3) is 0.433. The van der Waals surface area contributed by atoms with Crippen LogP contribution in [0.3, 0.4) is 0 Å². The summed E-state index contributed by atoms with van der Waals surface area (Å²) in [5.41, 5.74) is 4.73. The van der Waals surface area contributed by atoms with Gasteiger partial charge < -0.3 is 19.7 Å². The number of nitrogens with zero attached hydrogens (tertiary/aromatic N) is 3. The highest BCUT2D eigenvalue weighted by molar-refractivity contribution is 5.73. The van der Waals surface area contributed by atoms with Crippen molar-refractivity contribution in [3.8, 4) is 11.5 Å². The molecule has 0 unspecified atom stereocenters. The van der Waals surface area contributed by atoms with Crippen molar-refractivity contribution < 1.29 is 55.6 Å². The van der Waals surface area contributed by atoms with E-state index in [1.54, 1.807) is 4.68 Å². The normalized spacial score (nSPS) is 17.2. The number of aryl methyl sites for hydroxylation is 1. The molecule has 47 heavy (non-hydrogen) atoms. The number of rotatable bonds is 4. The summed E-state index contributed by atoms with van der Waals surface area (Å²) in [6, 6.07) is 16.8. The van der Waals surface area contributed by atoms with Crippen molar-refractivity contribution >= 4 is 11.9 Å². The highest BCUT2D eigenvalue weighted by Crippen LogP contribution is 2.41. The topological polar surface area (TPSA) is 137 Å². The van der Waals surface area contributed by atoms with Crippen LogP contribution in [0.5, 0.6) is 11.5 Å². The molecule has 0 saturated carbocycles. The number of alkyl halides is 6. The van der Waals surface area contributed by atoms with Gasteiger partial charge in [-0.25, -0.2) is 9.59 Å². The van der Waals surface area contributed by atoms with Crippen molar-refractivity contribution in [1.82, 2.24) is 19.6 Å². The minimum atomic E-state index is -5.08. The summed E-state index contributed by atoms with van der Waals surface area (Å²) in [5, 5.41) is 17.7. The zero-order chi connectivity index (χ0) is 34.6. The van der Waals surface area contributed by atoms with Crippen molar-refractivity contribution in [2.24, 2.45) is 7.05 Å². The molecule has 1 fully saturated rings. The molecule has 2 aromatic carbocycles. The van der Waals surface area contributed by atoms with Crippen LogP contribution in [0, 0.1) is 0 Å². The minimum absolute atomic E-state index is 0.0163. The largest absolute Gasteiger partial charge is 0.490 e. The van der Waals surface area contributed by atoms with Gasteiger partial charge in [0.1, 0.15) is 0 Å². The number of aliphatic carboxylic acids is 2. The molecule has 17 heteroatoms. The number of carboxylic acid groups (broad SMARTS) is 2. The van der Waals surface area contributed by atoms with E-state index in [4.69, 9.17) is 29.3 Å². The lowest BCUT2D eigenvalue weighted by Crippen LogP contribution is -2.52. The predicted molar refractivity (Wildman–Crippen MR) is 153 cm³/mol.